The van der Waals surface area contributed by atoms with Crippen LogP contribution in [0.25, 0.3) is 0 Å². The van der Waals surface area contributed by atoms with Crippen LogP contribution in [0.1, 0.15) is 19.8 Å². The van der Waals surface area contributed by atoms with Gasteiger partial charge >= 0.3 is 5.97 Å². The largest absolute Gasteiger partial charge is 0.466 e. The highest BCUT2D eigenvalue weighted by molar-refractivity contribution is 6.63. The van der Waals surface area contributed by atoms with Crippen LogP contribution in [0.4, 0.5) is 0 Å². The van der Waals surface area contributed by atoms with Crippen molar-refractivity contribution in [3.63, 3.8) is 0 Å². The summed E-state index contributed by atoms with van der Waals surface area (Å²) in [5.41, 5.74) is 0. The maximum Gasteiger partial charge on any atom is 0.306 e. The Labute approximate surface area is 92.5 Å². The van der Waals surface area contributed by atoms with Gasteiger partial charge in [0.25, 0.3) is 0 Å². The standard InChI is InChI=1S/C6H9NO2.CHCl3/c1-2-9-6(8)4-3-5-7;2-1(3)4/h2-4H2,1H3;1H. The smallest absolute Gasteiger partial charge is 0.306 e. The van der Waals surface area contributed by atoms with Gasteiger partial charge in [0.15, 0.2) is 4.30 Å². The molecular weight excluding hydrogens is 236 g/mol. The molecule has 0 unspecified atom stereocenters. The number of rotatable bonds is 3. The second-order valence-corrected chi connectivity index (χ2v) is 3.69. The van der Waals surface area contributed by atoms with Gasteiger partial charge in [0, 0.05) is 6.42 Å². The normalized spacial score (nSPS) is 8.31. The predicted octanol–water partition coefficient (Wildman–Crippen LogP) is 2.84. The van der Waals surface area contributed by atoms with E-state index < -0.39 is 4.30 Å². The molecule has 3 nitrogen and oxygen atoms in total. The average Bonchev–Trinajstić information content (AvgIpc) is 2.00. The van der Waals surface area contributed by atoms with Gasteiger partial charge in [0.05, 0.1) is 19.1 Å². The quantitative estimate of drug-likeness (QED) is 0.568. The fourth-order valence-corrected chi connectivity index (χ4v) is 0.391. The Morgan fingerprint density at radius 3 is 2.31 bits per heavy atom. The average molecular weight is 247 g/mol. The Bertz CT molecular complexity index is 165. The molecule has 0 aliphatic carbocycles. The SMILES string of the molecule is CCOC(=O)CCC#N.ClC(Cl)Cl. The molecule has 0 aliphatic heterocycles. The maximum atomic E-state index is 10.4. The molecule has 6 heteroatoms. The topological polar surface area (TPSA) is 50.1 Å². The Morgan fingerprint density at radius 1 is 1.54 bits per heavy atom. The summed E-state index contributed by atoms with van der Waals surface area (Å²) in [7, 11) is 0. The zero-order valence-electron chi connectivity index (χ0n) is 7.10. The van der Waals surface area contributed by atoms with E-state index in [1.165, 1.54) is 0 Å². The second-order valence-electron chi connectivity index (χ2n) is 1.71. The molecule has 0 radical (unpaired) electrons. The van der Waals surface area contributed by atoms with Gasteiger partial charge in [-0.05, 0) is 6.92 Å². The van der Waals surface area contributed by atoms with Crippen LogP contribution < -0.4 is 0 Å². The zero-order chi connectivity index (χ0) is 10.7. The van der Waals surface area contributed by atoms with Gasteiger partial charge in [-0.2, -0.15) is 5.26 Å². The van der Waals surface area contributed by atoms with E-state index in [1.54, 1.807) is 6.92 Å². The van der Waals surface area contributed by atoms with Crippen molar-refractivity contribution in [2.45, 2.75) is 24.1 Å². The molecule has 0 aromatic heterocycles. The number of esters is 1. The summed E-state index contributed by atoms with van der Waals surface area (Å²) in [5, 5.41) is 8.03. The number of nitriles is 1. The van der Waals surface area contributed by atoms with E-state index in [0.29, 0.717) is 6.61 Å². The highest BCUT2D eigenvalue weighted by atomic mass is 35.6. The minimum atomic E-state index is -0.750. The van der Waals surface area contributed by atoms with E-state index in [0.717, 1.165) is 0 Å². The van der Waals surface area contributed by atoms with Gasteiger partial charge in [0.1, 0.15) is 0 Å². The first kappa shape index (κ1) is 15.3. The van der Waals surface area contributed by atoms with Crippen molar-refractivity contribution >= 4 is 40.8 Å². The monoisotopic (exact) mass is 245 g/mol. The molecule has 0 amide bonds. The summed E-state index contributed by atoms with van der Waals surface area (Å²) >= 11 is 14.4. The molecule has 0 saturated carbocycles. The fourth-order valence-electron chi connectivity index (χ4n) is 0.391. The fraction of sp³-hybridized carbons (Fsp3) is 0.714. The first-order valence-corrected chi connectivity index (χ1v) is 4.80. The van der Waals surface area contributed by atoms with E-state index in [-0.39, 0.29) is 18.8 Å². The van der Waals surface area contributed by atoms with Crippen LogP contribution in [0.15, 0.2) is 0 Å². The van der Waals surface area contributed by atoms with Crippen molar-refractivity contribution in [3.8, 4) is 6.07 Å². The summed E-state index contributed by atoms with van der Waals surface area (Å²) in [6, 6.07) is 1.86. The Balaban J connectivity index is 0. The van der Waals surface area contributed by atoms with Gasteiger partial charge < -0.3 is 4.74 Å². The van der Waals surface area contributed by atoms with Crippen LogP contribution in [0, 0.1) is 11.3 Å². The number of carbonyl (C=O) groups is 1. The van der Waals surface area contributed by atoms with Crippen molar-refractivity contribution in [1.29, 1.82) is 5.26 Å². The summed E-state index contributed by atoms with van der Waals surface area (Å²) in [6.07, 6.45) is 0.461. The van der Waals surface area contributed by atoms with Crippen LogP contribution in [-0.4, -0.2) is 16.9 Å². The van der Waals surface area contributed by atoms with Crippen molar-refractivity contribution in [2.24, 2.45) is 0 Å². The van der Waals surface area contributed by atoms with E-state index in [9.17, 15) is 4.79 Å². The van der Waals surface area contributed by atoms with E-state index in [2.05, 4.69) is 4.74 Å². The molecule has 0 spiro atoms. The number of alkyl halides is 3. The van der Waals surface area contributed by atoms with Crippen molar-refractivity contribution in [2.75, 3.05) is 6.61 Å². The van der Waals surface area contributed by atoms with Crippen LogP contribution in [0.3, 0.4) is 0 Å². The summed E-state index contributed by atoms with van der Waals surface area (Å²) in [6.45, 7) is 2.13. The highest BCUT2D eigenvalue weighted by Gasteiger charge is 1.97. The minimum absolute atomic E-state index is 0.213. The lowest BCUT2D eigenvalue weighted by molar-refractivity contribution is -0.142. The second kappa shape index (κ2) is 11.8. The Morgan fingerprint density at radius 2 is 2.00 bits per heavy atom. The molecule has 0 aromatic carbocycles. The first-order chi connectivity index (χ1) is 6.04. The number of ether oxygens (including phenoxy) is 1. The van der Waals surface area contributed by atoms with Crippen molar-refractivity contribution < 1.29 is 9.53 Å². The van der Waals surface area contributed by atoms with E-state index in [1.807, 2.05) is 6.07 Å². The maximum absolute atomic E-state index is 10.4. The lowest BCUT2D eigenvalue weighted by atomic mass is 10.3. The predicted molar refractivity (Wildman–Crippen MR) is 52.8 cm³/mol. The third kappa shape index (κ3) is 24.5. The van der Waals surface area contributed by atoms with Gasteiger partial charge in [-0.1, -0.05) is 34.8 Å². The molecule has 0 heterocycles. The van der Waals surface area contributed by atoms with Crippen LogP contribution >= 0.6 is 34.8 Å². The van der Waals surface area contributed by atoms with Crippen molar-refractivity contribution in [1.82, 2.24) is 0 Å². The molecule has 0 N–H and O–H groups in total. The van der Waals surface area contributed by atoms with Crippen molar-refractivity contribution in [3.05, 3.63) is 0 Å². The van der Waals surface area contributed by atoms with Crippen LogP contribution in [0.2, 0.25) is 0 Å². The Kier molecular flexibility index (Phi) is 13.9. The number of hydrogen-bond donors (Lipinski definition) is 0. The molecule has 0 aliphatic rings. The lowest BCUT2D eigenvalue weighted by Crippen LogP contribution is -2.02. The third-order valence-corrected chi connectivity index (χ3v) is 0.746. The molecule has 13 heavy (non-hydrogen) atoms. The van der Waals surface area contributed by atoms with Gasteiger partial charge in [-0.3, -0.25) is 4.79 Å². The molecule has 76 valence electrons. The first-order valence-electron chi connectivity index (χ1n) is 3.49. The number of carbonyl (C=O) groups excluding carboxylic acids is 1. The highest BCUT2D eigenvalue weighted by Crippen LogP contribution is 2.03. The van der Waals surface area contributed by atoms with E-state index >= 15 is 0 Å². The third-order valence-electron chi connectivity index (χ3n) is 0.746. The summed E-state index contributed by atoms with van der Waals surface area (Å²) in [5.74, 6) is -0.293. The number of halogens is 3. The molecule has 0 aromatic rings. The molecular formula is C7H10Cl3NO2. The molecule has 0 saturated heterocycles. The van der Waals surface area contributed by atoms with E-state index in [4.69, 9.17) is 40.1 Å². The van der Waals surface area contributed by atoms with Gasteiger partial charge in [-0.25, -0.2) is 0 Å². The zero-order valence-corrected chi connectivity index (χ0v) is 9.36. The van der Waals surface area contributed by atoms with Crippen LogP contribution in [-0.2, 0) is 9.53 Å². The lowest BCUT2D eigenvalue weighted by Gasteiger charge is -1.95. The van der Waals surface area contributed by atoms with Gasteiger partial charge in [-0.15, -0.1) is 0 Å². The molecule has 0 rings (SSSR count). The summed E-state index contributed by atoms with van der Waals surface area (Å²) < 4.78 is 3.80. The molecule has 0 bridgehead atoms. The summed E-state index contributed by atoms with van der Waals surface area (Å²) in [4.78, 5) is 10.4. The Hall–Kier alpha value is -0.170. The number of hydrogen-bond acceptors (Lipinski definition) is 3. The molecule has 0 fully saturated rings. The van der Waals surface area contributed by atoms with Gasteiger partial charge in [0.2, 0.25) is 0 Å². The van der Waals surface area contributed by atoms with Crippen LogP contribution in [0.5, 0.6) is 0 Å². The minimum Gasteiger partial charge on any atom is -0.466 e. The number of nitrogens with zero attached hydrogens (tertiary/aromatic N) is 1. The molecule has 0 atom stereocenters.